The van der Waals surface area contributed by atoms with Crippen LogP contribution in [0.1, 0.15) is 52.4 Å². The fourth-order valence-electron chi connectivity index (χ4n) is 2.89. The zero-order valence-electron chi connectivity index (χ0n) is 12.2. The number of nitrogens with zero attached hydrogens (tertiary/aromatic N) is 1. The second-order valence-electron chi connectivity index (χ2n) is 5.96. The third-order valence-corrected chi connectivity index (χ3v) is 4.19. The molecule has 2 rings (SSSR count). The minimum absolute atomic E-state index is 0.474. The summed E-state index contributed by atoms with van der Waals surface area (Å²) in [4.78, 5) is 2.71. The molecule has 2 atom stereocenters. The molecule has 2 fully saturated rings. The molecule has 1 heterocycles. The van der Waals surface area contributed by atoms with Gasteiger partial charge in [-0.2, -0.15) is 0 Å². The van der Waals surface area contributed by atoms with E-state index in [0.29, 0.717) is 12.1 Å². The number of unbranched alkanes of at least 4 members (excludes halogenated alkanes) is 1. The molecule has 106 valence electrons. The predicted octanol–water partition coefficient (Wildman–Crippen LogP) is 2.41. The predicted molar refractivity (Wildman–Crippen MR) is 75.9 cm³/mol. The molecule has 0 radical (unpaired) electrons. The maximum absolute atomic E-state index is 5.64. The molecular weight excluding hydrogens is 224 g/mol. The SMILES string of the molecule is CCCCN(C(C)CNCC1CCCO1)C1CC1. The van der Waals surface area contributed by atoms with Crippen LogP contribution in [0.25, 0.3) is 0 Å². The zero-order valence-corrected chi connectivity index (χ0v) is 12.2. The second kappa shape index (κ2) is 7.46. The maximum Gasteiger partial charge on any atom is 0.0700 e. The first kappa shape index (κ1) is 14.3. The van der Waals surface area contributed by atoms with Crippen molar-refractivity contribution in [1.82, 2.24) is 10.2 Å². The van der Waals surface area contributed by atoms with Crippen LogP contribution in [0, 0.1) is 0 Å². The molecule has 1 saturated carbocycles. The van der Waals surface area contributed by atoms with Crippen LogP contribution >= 0.6 is 0 Å². The van der Waals surface area contributed by atoms with Gasteiger partial charge in [0.25, 0.3) is 0 Å². The van der Waals surface area contributed by atoms with Gasteiger partial charge in [-0.15, -0.1) is 0 Å². The van der Waals surface area contributed by atoms with Crippen molar-refractivity contribution < 1.29 is 4.74 Å². The molecule has 1 aliphatic carbocycles. The van der Waals surface area contributed by atoms with E-state index in [2.05, 4.69) is 24.1 Å². The molecule has 0 bridgehead atoms. The summed E-state index contributed by atoms with van der Waals surface area (Å²) in [6, 6.07) is 1.56. The van der Waals surface area contributed by atoms with E-state index in [4.69, 9.17) is 4.74 Å². The molecule has 1 aliphatic heterocycles. The highest BCUT2D eigenvalue weighted by Gasteiger charge is 2.31. The zero-order chi connectivity index (χ0) is 12.8. The number of nitrogens with one attached hydrogen (secondary N) is 1. The van der Waals surface area contributed by atoms with Crippen LogP contribution in [0.3, 0.4) is 0 Å². The van der Waals surface area contributed by atoms with Gasteiger partial charge in [-0.1, -0.05) is 13.3 Å². The molecule has 2 unspecified atom stereocenters. The lowest BCUT2D eigenvalue weighted by Gasteiger charge is -2.29. The summed E-state index contributed by atoms with van der Waals surface area (Å²) in [6.07, 6.45) is 8.43. The Kier molecular flexibility index (Phi) is 5.93. The van der Waals surface area contributed by atoms with Crippen molar-refractivity contribution in [2.24, 2.45) is 0 Å². The van der Waals surface area contributed by atoms with Gasteiger partial charge in [-0.25, -0.2) is 0 Å². The lowest BCUT2D eigenvalue weighted by molar-refractivity contribution is 0.106. The second-order valence-corrected chi connectivity index (χ2v) is 5.96. The fraction of sp³-hybridized carbons (Fsp3) is 1.00. The molecule has 0 spiro atoms. The van der Waals surface area contributed by atoms with Crippen LogP contribution in [-0.2, 0) is 4.74 Å². The standard InChI is InChI=1S/C15H30N2O/c1-3-4-9-17(14-7-8-14)13(2)11-16-12-15-6-5-10-18-15/h13-16H,3-12H2,1-2H3. The first-order chi connectivity index (χ1) is 8.81. The van der Waals surface area contributed by atoms with E-state index in [1.165, 1.54) is 45.1 Å². The Morgan fingerprint density at radius 2 is 2.17 bits per heavy atom. The summed E-state index contributed by atoms with van der Waals surface area (Å²) >= 11 is 0. The molecule has 3 heteroatoms. The summed E-state index contributed by atoms with van der Waals surface area (Å²) in [5.74, 6) is 0. The van der Waals surface area contributed by atoms with Crippen LogP contribution in [0.15, 0.2) is 0 Å². The molecule has 0 aromatic carbocycles. The highest BCUT2D eigenvalue weighted by Crippen LogP contribution is 2.28. The van der Waals surface area contributed by atoms with E-state index in [0.717, 1.165) is 25.7 Å². The third kappa shape index (κ3) is 4.52. The van der Waals surface area contributed by atoms with Gasteiger partial charge in [0.1, 0.15) is 0 Å². The van der Waals surface area contributed by atoms with Gasteiger partial charge in [0, 0.05) is 31.8 Å². The van der Waals surface area contributed by atoms with E-state index < -0.39 is 0 Å². The van der Waals surface area contributed by atoms with Gasteiger partial charge < -0.3 is 10.1 Å². The van der Waals surface area contributed by atoms with Crippen molar-refractivity contribution in [1.29, 1.82) is 0 Å². The quantitative estimate of drug-likeness (QED) is 0.684. The lowest BCUT2D eigenvalue weighted by atomic mass is 10.2. The monoisotopic (exact) mass is 254 g/mol. The summed E-state index contributed by atoms with van der Waals surface area (Å²) in [7, 11) is 0. The fourth-order valence-corrected chi connectivity index (χ4v) is 2.89. The smallest absolute Gasteiger partial charge is 0.0700 e. The first-order valence-corrected chi connectivity index (χ1v) is 7.89. The Labute approximate surface area is 112 Å². The van der Waals surface area contributed by atoms with Gasteiger partial charge in [-0.05, 0) is 45.6 Å². The lowest BCUT2D eigenvalue weighted by Crippen LogP contribution is -2.43. The molecule has 3 nitrogen and oxygen atoms in total. The van der Waals surface area contributed by atoms with Gasteiger partial charge in [0.05, 0.1) is 6.10 Å². The number of ether oxygens (including phenoxy) is 1. The minimum Gasteiger partial charge on any atom is -0.377 e. The Morgan fingerprint density at radius 3 is 2.78 bits per heavy atom. The van der Waals surface area contributed by atoms with E-state index in [9.17, 15) is 0 Å². The van der Waals surface area contributed by atoms with Gasteiger partial charge in [0.15, 0.2) is 0 Å². The normalized spacial score (nSPS) is 25.8. The summed E-state index contributed by atoms with van der Waals surface area (Å²) in [5.41, 5.74) is 0. The first-order valence-electron chi connectivity index (χ1n) is 7.89. The van der Waals surface area contributed by atoms with Gasteiger partial charge in [0.2, 0.25) is 0 Å². The van der Waals surface area contributed by atoms with Crippen molar-refractivity contribution in [3.8, 4) is 0 Å². The maximum atomic E-state index is 5.64. The average molecular weight is 254 g/mol. The number of hydrogen-bond donors (Lipinski definition) is 1. The minimum atomic E-state index is 0.474. The summed E-state index contributed by atoms with van der Waals surface area (Å²) < 4.78 is 5.64. The molecule has 1 N–H and O–H groups in total. The van der Waals surface area contributed by atoms with Crippen LogP contribution in [0.4, 0.5) is 0 Å². The highest BCUT2D eigenvalue weighted by molar-refractivity contribution is 4.88. The topological polar surface area (TPSA) is 24.5 Å². The molecule has 0 aromatic heterocycles. The Hall–Kier alpha value is -0.120. The van der Waals surface area contributed by atoms with Crippen molar-refractivity contribution in [3.63, 3.8) is 0 Å². The molecule has 0 amide bonds. The Morgan fingerprint density at radius 1 is 1.33 bits per heavy atom. The van der Waals surface area contributed by atoms with E-state index in [1.807, 2.05) is 0 Å². The Balaban J connectivity index is 1.62. The number of rotatable bonds is 9. The van der Waals surface area contributed by atoms with Gasteiger partial charge >= 0.3 is 0 Å². The van der Waals surface area contributed by atoms with Gasteiger partial charge in [-0.3, -0.25) is 4.90 Å². The van der Waals surface area contributed by atoms with Crippen LogP contribution in [0.5, 0.6) is 0 Å². The van der Waals surface area contributed by atoms with Crippen molar-refractivity contribution in [3.05, 3.63) is 0 Å². The number of hydrogen-bond acceptors (Lipinski definition) is 3. The van der Waals surface area contributed by atoms with Crippen LogP contribution in [0.2, 0.25) is 0 Å². The van der Waals surface area contributed by atoms with Crippen molar-refractivity contribution in [2.45, 2.75) is 70.6 Å². The molecule has 1 saturated heterocycles. The summed E-state index contributed by atoms with van der Waals surface area (Å²) in [5, 5.41) is 3.60. The molecule has 18 heavy (non-hydrogen) atoms. The molecule has 2 aliphatic rings. The summed E-state index contributed by atoms with van der Waals surface area (Å²) in [6.45, 7) is 9.05. The van der Waals surface area contributed by atoms with E-state index >= 15 is 0 Å². The third-order valence-electron chi connectivity index (χ3n) is 4.19. The van der Waals surface area contributed by atoms with E-state index in [1.54, 1.807) is 0 Å². The van der Waals surface area contributed by atoms with Crippen LogP contribution in [-0.4, -0.2) is 49.3 Å². The highest BCUT2D eigenvalue weighted by atomic mass is 16.5. The largest absolute Gasteiger partial charge is 0.377 e. The Bertz CT molecular complexity index is 225. The van der Waals surface area contributed by atoms with Crippen LogP contribution < -0.4 is 5.32 Å². The average Bonchev–Trinajstić information content (AvgIpc) is 3.06. The molecule has 0 aromatic rings. The van der Waals surface area contributed by atoms with E-state index in [-0.39, 0.29) is 0 Å². The molecular formula is C15H30N2O. The van der Waals surface area contributed by atoms with Crippen molar-refractivity contribution in [2.75, 3.05) is 26.2 Å². The van der Waals surface area contributed by atoms with Crippen molar-refractivity contribution >= 4 is 0 Å².